The summed E-state index contributed by atoms with van der Waals surface area (Å²) < 4.78 is 36.6. The number of hydrogen-bond acceptors (Lipinski definition) is 2. The van der Waals surface area contributed by atoms with E-state index in [1.54, 1.807) is 0 Å². The molecule has 1 aromatic carbocycles. The third-order valence-electron chi connectivity index (χ3n) is 1.64. The Hall–Kier alpha value is -1.59. The largest absolute Gasteiger partial charge is 0.462 e. The molecule has 1 rings (SSSR count). The molecule has 0 saturated carbocycles. The zero-order chi connectivity index (χ0) is 10.8. The van der Waals surface area contributed by atoms with Crippen molar-refractivity contribution >= 4 is 0 Å². The predicted molar refractivity (Wildman–Crippen MR) is 42.2 cm³/mol. The van der Waals surface area contributed by atoms with Crippen molar-refractivity contribution in [2.75, 3.05) is 0 Å². The Labute approximate surface area is 77.3 Å². The van der Waals surface area contributed by atoms with Gasteiger partial charge in [0.25, 0.3) is 0 Å². The molecule has 76 valence electrons. The fourth-order valence-corrected chi connectivity index (χ4v) is 1.07. The molecular weight excluding hydrogens is 199 g/mol. The Morgan fingerprint density at radius 1 is 1.21 bits per heavy atom. The van der Waals surface area contributed by atoms with Crippen molar-refractivity contribution in [1.82, 2.24) is 0 Å². The number of rotatable bonds is 2. The number of hydrogen-bond donors (Lipinski definition) is 0. The fourth-order valence-electron chi connectivity index (χ4n) is 1.07. The third kappa shape index (κ3) is 2.21. The molecule has 0 heterocycles. The lowest BCUT2D eigenvalue weighted by atomic mass is 10.1. The van der Waals surface area contributed by atoms with Gasteiger partial charge in [0.1, 0.15) is 0 Å². The van der Waals surface area contributed by atoms with Crippen molar-refractivity contribution < 1.29 is 18.1 Å². The Morgan fingerprint density at radius 3 is 2.07 bits per heavy atom. The number of benzene rings is 1. The first-order valence-corrected chi connectivity index (χ1v) is 3.68. The maximum atomic E-state index is 12.2. The highest BCUT2D eigenvalue weighted by atomic mass is 19.4. The van der Waals surface area contributed by atoms with Crippen LogP contribution in [0.1, 0.15) is 11.6 Å². The van der Waals surface area contributed by atoms with E-state index in [0.29, 0.717) is 0 Å². The topological polar surface area (TPSA) is 43.1 Å². The summed E-state index contributed by atoms with van der Waals surface area (Å²) in [6, 6.07) is 3.69. The minimum Gasteiger partial charge on any atom is -0.264 e. The highest BCUT2D eigenvalue weighted by Crippen LogP contribution is 2.34. The van der Waals surface area contributed by atoms with Crippen molar-refractivity contribution in [3.05, 3.63) is 46.0 Å². The number of halogens is 3. The van der Waals surface area contributed by atoms with E-state index in [1.165, 1.54) is 18.2 Å². The molecule has 14 heavy (non-hydrogen) atoms. The van der Waals surface area contributed by atoms with Crippen LogP contribution in [0.4, 0.5) is 13.2 Å². The summed E-state index contributed by atoms with van der Waals surface area (Å²) in [5.74, 6) is 0. The molecule has 0 N–H and O–H groups in total. The van der Waals surface area contributed by atoms with Crippen molar-refractivity contribution in [1.29, 1.82) is 0 Å². The summed E-state index contributed by atoms with van der Waals surface area (Å²) in [5, 5.41) is 10.2. The Balaban J connectivity index is 3.08. The number of nitrogens with zero attached hydrogens (tertiary/aromatic N) is 1. The Bertz CT molecular complexity index is 323. The summed E-state index contributed by atoms with van der Waals surface area (Å²) in [6.45, 7) is 0. The van der Waals surface area contributed by atoms with E-state index in [0.717, 1.165) is 12.1 Å². The molecule has 1 atom stereocenters. The Morgan fingerprint density at radius 2 is 1.71 bits per heavy atom. The first-order chi connectivity index (χ1) is 6.43. The molecule has 0 spiro atoms. The van der Waals surface area contributed by atoms with Crippen LogP contribution in [-0.4, -0.2) is 11.1 Å². The standard InChI is InChI=1S/C8H6F3NO2/c9-8(10,11)7(12(13)14)6-4-2-1-3-5-6/h1-5,7H. The van der Waals surface area contributed by atoms with Crippen LogP contribution < -0.4 is 0 Å². The van der Waals surface area contributed by atoms with Gasteiger partial charge in [0.2, 0.25) is 0 Å². The summed E-state index contributed by atoms with van der Waals surface area (Å²) >= 11 is 0. The van der Waals surface area contributed by atoms with Gasteiger partial charge in [0.15, 0.2) is 0 Å². The van der Waals surface area contributed by atoms with Gasteiger partial charge in [-0.25, -0.2) is 0 Å². The van der Waals surface area contributed by atoms with Crippen LogP contribution in [0.2, 0.25) is 0 Å². The number of alkyl halides is 3. The van der Waals surface area contributed by atoms with Crippen LogP contribution in [0.25, 0.3) is 0 Å². The van der Waals surface area contributed by atoms with Crippen LogP contribution in [0.15, 0.2) is 30.3 Å². The second kappa shape index (κ2) is 3.65. The normalized spacial score (nSPS) is 13.6. The van der Waals surface area contributed by atoms with Gasteiger partial charge in [-0.2, -0.15) is 13.2 Å². The van der Waals surface area contributed by atoms with E-state index in [4.69, 9.17) is 0 Å². The molecule has 0 radical (unpaired) electrons. The molecule has 6 heteroatoms. The molecule has 0 aliphatic rings. The summed E-state index contributed by atoms with van der Waals surface area (Å²) in [7, 11) is 0. The highest BCUT2D eigenvalue weighted by molar-refractivity contribution is 5.18. The monoisotopic (exact) mass is 205 g/mol. The van der Waals surface area contributed by atoms with Crippen LogP contribution in [0.5, 0.6) is 0 Å². The first-order valence-electron chi connectivity index (χ1n) is 3.68. The van der Waals surface area contributed by atoms with Gasteiger partial charge in [-0.1, -0.05) is 30.3 Å². The smallest absolute Gasteiger partial charge is 0.264 e. The van der Waals surface area contributed by atoms with E-state index < -0.39 is 17.1 Å². The van der Waals surface area contributed by atoms with E-state index in [1.807, 2.05) is 0 Å². The van der Waals surface area contributed by atoms with Crippen molar-refractivity contribution in [3.63, 3.8) is 0 Å². The van der Waals surface area contributed by atoms with E-state index in [-0.39, 0.29) is 5.56 Å². The first kappa shape index (κ1) is 10.5. The SMILES string of the molecule is O=[N+]([O-])C(c1ccccc1)C(F)(F)F. The van der Waals surface area contributed by atoms with Crippen LogP contribution >= 0.6 is 0 Å². The zero-order valence-electron chi connectivity index (χ0n) is 6.86. The molecule has 0 fully saturated rings. The van der Waals surface area contributed by atoms with Gasteiger partial charge in [-0.05, 0) is 0 Å². The van der Waals surface area contributed by atoms with Gasteiger partial charge in [0.05, 0.1) is 0 Å². The van der Waals surface area contributed by atoms with Crippen molar-refractivity contribution in [2.45, 2.75) is 12.2 Å². The quantitative estimate of drug-likeness (QED) is 0.550. The summed E-state index contributed by atoms with van der Waals surface area (Å²) in [6.07, 6.45) is -4.86. The second-order valence-corrected chi connectivity index (χ2v) is 2.64. The summed E-state index contributed by atoms with van der Waals surface area (Å²) in [4.78, 5) is 8.89. The molecular formula is C8H6F3NO2. The minimum atomic E-state index is -4.86. The van der Waals surface area contributed by atoms with Gasteiger partial charge in [-0.15, -0.1) is 0 Å². The molecule has 1 aromatic rings. The molecule has 3 nitrogen and oxygen atoms in total. The second-order valence-electron chi connectivity index (χ2n) is 2.64. The lowest BCUT2D eigenvalue weighted by molar-refractivity contribution is -0.570. The average Bonchev–Trinajstić information content (AvgIpc) is 2.02. The molecule has 0 saturated heterocycles. The third-order valence-corrected chi connectivity index (χ3v) is 1.64. The predicted octanol–water partition coefficient (Wildman–Crippen LogP) is 2.57. The lowest BCUT2D eigenvalue weighted by Crippen LogP contribution is -2.27. The van der Waals surface area contributed by atoms with Crippen molar-refractivity contribution in [3.8, 4) is 0 Å². The minimum absolute atomic E-state index is 0.356. The van der Waals surface area contributed by atoms with Crippen LogP contribution in [0.3, 0.4) is 0 Å². The maximum Gasteiger partial charge on any atom is 0.462 e. The van der Waals surface area contributed by atoms with Crippen molar-refractivity contribution in [2.24, 2.45) is 0 Å². The summed E-state index contributed by atoms with van der Waals surface area (Å²) in [5.41, 5.74) is -0.356. The molecule has 0 aliphatic carbocycles. The molecule has 0 bridgehead atoms. The average molecular weight is 205 g/mol. The molecule has 0 amide bonds. The van der Waals surface area contributed by atoms with E-state index in [2.05, 4.69) is 0 Å². The van der Waals surface area contributed by atoms with Crippen LogP contribution in [-0.2, 0) is 0 Å². The van der Waals surface area contributed by atoms with Gasteiger partial charge in [0, 0.05) is 10.5 Å². The fraction of sp³-hybridized carbons (Fsp3) is 0.250. The molecule has 1 unspecified atom stereocenters. The molecule has 0 aliphatic heterocycles. The lowest BCUT2D eigenvalue weighted by Gasteiger charge is -2.12. The van der Waals surface area contributed by atoms with Gasteiger partial charge < -0.3 is 0 Å². The highest BCUT2D eigenvalue weighted by Gasteiger charge is 2.50. The van der Waals surface area contributed by atoms with E-state index >= 15 is 0 Å². The zero-order valence-corrected chi connectivity index (χ0v) is 6.86. The van der Waals surface area contributed by atoms with Gasteiger partial charge in [-0.3, -0.25) is 10.1 Å². The Kier molecular flexibility index (Phi) is 2.73. The van der Waals surface area contributed by atoms with Gasteiger partial charge >= 0.3 is 12.2 Å². The maximum absolute atomic E-state index is 12.2. The van der Waals surface area contributed by atoms with E-state index in [9.17, 15) is 23.3 Å². The van der Waals surface area contributed by atoms with Crippen LogP contribution in [0, 0.1) is 10.1 Å². The molecule has 0 aromatic heterocycles. The number of nitro groups is 1.